The van der Waals surface area contributed by atoms with E-state index in [1.165, 1.54) is 24.3 Å². The van der Waals surface area contributed by atoms with Crippen LogP contribution in [0.1, 0.15) is 0 Å². The quantitative estimate of drug-likeness (QED) is 0.777. The third-order valence-electron chi connectivity index (χ3n) is 2.60. The highest BCUT2D eigenvalue weighted by molar-refractivity contribution is 6.44. The number of carbonyl (C=O) groups excluding carboxylic acids is 1. The van der Waals surface area contributed by atoms with Crippen molar-refractivity contribution in [2.75, 3.05) is 17.2 Å². The van der Waals surface area contributed by atoms with Crippen LogP contribution in [0.25, 0.3) is 0 Å². The van der Waals surface area contributed by atoms with Crippen LogP contribution < -0.4 is 10.6 Å². The summed E-state index contributed by atoms with van der Waals surface area (Å²) in [5.41, 5.74) is 0.583. The molecule has 0 unspecified atom stereocenters. The van der Waals surface area contributed by atoms with Gasteiger partial charge in [0, 0.05) is 0 Å². The molecule has 2 rings (SSSR count). The van der Waals surface area contributed by atoms with Crippen LogP contribution in [0.4, 0.5) is 15.8 Å². The van der Waals surface area contributed by atoms with Crippen molar-refractivity contribution >= 4 is 52.1 Å². The fourth-order valence-corrected chi connectivity index (χ4v) is 2.20. The number of halogens is 4. The van der Waals surface area contributed by atoms with Gasteiger partial charge in [-0.25, -0.2) is 4.39 Å². The largest absolute Gasteiger partial charge is 0.375 e. The van der Waals surface area contributed by atoms with Crippen LogP contribution >= 0.6 is 34.8 Å². The number of hydrogen-bond acceptors (Lipinski definition) is 2. The minimum Gasteiger partial charge on any atom is -0.375 e. The summed E-state index contributed by atoms with van der Waals surface area (Å²) in [6.45, 7) is -0.0913. The second-order valence-corrected chi connectivity index (χ2v) is 5.35. The van der Waals surface area contributed by atoms with E-state index in [-0.39, 0.29) is 12.2 Å². The second kappa shape index (κ2) is 6.98. The summed E-state index contributed by atoms with van der Waals surface area (Å²) in [5.74, 6) is -0.916. The normalized spacial score (nSPS) is 10.3. The molecular formula is C14H10Cl3FN2O. The molecule has 0 fully saturated rings. The zero-order valence-electron chi connectivity index (χ0n) is 10.6. The van der Waals surface area contributed by atoms with Gasteiger partial charge in [0.15, 0.2) is 0 Å². The van der Waals surface area contributed by atoms with Gasteiger partial charge in [0.25, 0.3) is 0 Å². The molecule has 7 heteroatoms. The maximum Gasteiger partial charge on any atom is 0.243 e. The van der Waals surface area contributed by atoms with Gasteiger partial charge in [-0.2, -0.15) is 0 Å². The predicted octanol–water partition coefficient (Wildman–Crippen LogP) is 4.84. The van der Waals surface area contributed by atoms with E-state index >= 15 is 0 Å². The van der Waals surface area contributed by atoms with Crippen molar-refractivity contribution in [2.24, 2.45) is 0 Å². The summed E-state index contributed by atoms with van der Waals surface area (Å²) in [4.78, 5) is 11.8. The van der Waals surface area contributed by atoms with Crippen molar-refractivity contribution in [1.82, 2.24) is 0 Å². The van der Waals surface area contributed by atoms with Gasteiger partial charge in [-0.3, -0.25) is 4.79 Å². The van der Waals surface area contributed by atoms with Gasteiger partial charge < -0.3 is 10.6 Å². The Hall–Kier alpha value is -1.49. The summed E-state index contributed by atoms with van der Waals surface area (Å²) in [7, 11) is 0. The van der Waals surface area contributed by atoms with Crippen molar-refractivity contribution in [3.05, 3.63) is 57.3 Å². The molecule has 0 aromatic heterocycles. The number of benzene rings is 2. The van der Waals surface area contributed by atoms with E-state index in [9.17, 15) is 9.18 Å². The maximum absolute atomic E-state index is 13.4. The van der Waals surface area contributed by atoms with Gasteiger partial charge in [-0.05, 0) is 24.3 Å². The Kier molecular flexibility index (Phi) is 5.28. The van der Waals surface area contributed by atoms with E-state index in [1.807, 2.05) is 0 Å². The first-order valence-corrected chi connectivity index (χ1v) is 7.03. The van der Waals surface area contributed by atoms with E-state index < -0.39 is 11.7 Å². The third-order valence-corrected chi connectivity index (χ3v) is 3.63. The molecule has 2 aromatic carbocycles. The summed E-state index contributed by atoms with van der Waals surface area (Å²) in [5, 5.41) is 6.23. The molecule has 0 saturated heterocycles. The summed E-state index contributed by atoms with van der Waals surface area (Å²) >= 11 is 17.7. The molecule has 110 valence electrons. The standard InChI is InChI=1S/C14H10Cl3FN2O/c15-8-5-10(17)13(6-9(8)16)19-7-14(21)20-12-4-2-1-3-11(12)18/h1-6,19H,7H2,(H,20,21). The Bertz CT molecular complexity index is 679. The monoisotopic (exact) mass is 346 g/mol. The molecular weight excluding hydrogens is 338 g/mol. The van der Waals surface area contributed by atoms with Gasteiger partial charge >= 0.3 is 0 Å². The fourth-order valence-electron chi connectivity index (χ4n) is 1.59. The van der Waals surface area contributed by atoms with Crippen LogP contribution in [0.5, 0.6) is 0 Å². The summed E-state index contributed by atoms with van der Waals surface area (Å²) in [6, 6.07) is 8.89. The minimum absolute atomic E-state index is 0.0913. The van der Waals surface area contributed by atoms with Crippen molar-refractivity contribution in [3.63, 3.8) is 0 Å². The molecule has 1 amide bonds. The van der Waals surface area contributed by atoms with E-state index in [0.717, 1.165) is 0 Å². The van der Waals surface area contributed by atoms with E-state index in [4.69, 9.17) is 34.8 Å². The molecule has 0 heterocycles. The Balaban J connectivity index is 1.99. The minimum atomic E-state index is -0.501. The lowest BCUT2D eigenvalue weighted by Crippen LogP contribution is -2.22. The zero-order chi connectivity index (χ0) is 15.4. The second-order valence-electron chi connectivity index (χ2n) is 4.13. The van der Waals surface area contributed by atoms with Gasteiger partial charge in [-0.1, -0.05) is 46.9 Å². The number of hydrogen-bond donors (Lipinski definition) is 2. The van der Waals surface area contributed by atoms with Crippen LogP contribution in [0.15, 0.2) is 36.4 Å². The zero-order valence-corrected chi connectivity index (χ0v) is 12.9. The molecule has 0 aliphatic heterocycles. The van der Waals surface area contributed by atoms with E-state index in [2.05, 4.69) is 10.6 Å². The Morgan fingerprint density at radius 2 is 1.67 bits per heavy atom. The Labute approximate surface area is 136 Å². The fraction of sp³-hybridized carbons (Fsp3) is 0.0714. The topological polar surface area (TPSA) is 41.1 Å². The lowest BCUT2D eigenvalue weighted by Gasteiger charge is -2.10. The molecule has 21 heavy (non-hydrogen) atoms. The van der Waals surface area contributed by atoms with Crippen molar-refractivity contribution < 1.29 is 9.18 Å². The highest BCUT2D eigenvalue weighted by atomic mass is 35.5. The number of rotatable bonds is 4. The smallest absolute Gasteiger partial charge is 0.243 e. The molecule has 0 saturated carbocycles. The first kappa shape index (κ1) is 15.9. The maximum atomic E-state index is 13.4. The first-order chi connectivity index (χ1) is 9.97. The van der Waals surface area contributed by atoms with Gasteiger partial charge in [0.05, 0.1) is 33.0 Å². The summed E-state index contributed by atoms with van der Waals surface area (Å²) in [6.07, 6.45) is 0. The van der Waals surface area contributed by atoms with Crippen LogP contribution in [0.2, 0.25) is 15.1 Å². The van der Waals surface area contributed by atoms with Crippen LogP contribution in [-0.2, 0) is 4.79 Å². The van der Waals surface area contributed by atoms with Gasteiger partial charge in [0.1, 0.15) is 5.82 Å². The molecule has 0 radical (unpaired) electrons. The number of amides is 1. The predicted molar refractivity (Wildman–Crippen MR) is 85.0 cm³/mol. The van der Waals surface area contributed by atoms with Crippen LogP contribution in [0.3, 0.4) is 0 Å². The SMILES string of the molecule is O=C(CNc1cc(Cl)c(Cl)cc1Cl)Nc1ccccc1F. The summed E-state index contributed by atoms with van der Waals surface area (Å²) < 4.78 is 13.4. The van der Waals surface area contributed by atoms with Gasteiger partial charge in [-0.15, -0.1) is 0 Å². The number of para-hydroxylation sites is 1. The average Bonchev–Trinajstić information content (AvgIpc) is 2.44. The van der Waals surface area contributed by atoms with Crippen molar-refractivity contribution in [2.45, 2.75) is 0 Å². The number of anilines is 2. The lowest BCUT2D eigenvalue weighted by atomic mass is 10.3. The highest BCUT2D eigenvalue weighted by Gasteiger charge is 2.09. The average molecular weight is 348 g/mol. The lowest BCUT2D eigenvalue weighted by molar-refractivity contribution is -0.114. The molecule has 2 aromatic rings. The van der Waals surface area contributed by atoms with Crippen LogP contribution in [0, 0.1) is 5.82 Å². The van der Waals surface area contributed by atoms with Crippen LogP contribution in [-0.4, -0.2) is 12.5 Å². The number of carbonyl (C=O) groups is 1. The van der Waals surface area contributed by atoms with E-state index in [1.54, 1.807) is 12.1 Å². The Morgan fingerprint density at radius 3 is 2.38 bits per heavy atom. The van der Waals surface area contributed by atoms with Crippen molar-refractivity contribution in [1.29, 1.82) is 0 Å². The first-order valence-electron chi connectivity index (χ1n) is 5.90. The molecule has 0 spiro atoms. The molecule has 0 aliphatic carbocycles. The third kappa shape index (κ3) is 4.24. The van der Waals surface area contributed by atoms with E-state index in [0.29, 0.717) is 20.8 Å². The molecule has 0 atom stereocenters. The number of nitrogens with one attached hydrogen (secondary N) is 2. The molecule has 0 bridgehead atoms. The van der Waals surface area contributed by atoms with Gasteiger partial charge in [0.2, 0.25) is 5.91 Å². The van der Waals surface area contributed by atoms with Crippen molar-refractivity contribution in [3.8, 4) is 0 Å². The molecule has 0 aliphatic rings. The highest BCUT2D eigenvalue weighted by Crippen LogP contribution is 2.32. The molecule has 2 N–H and O–H groups in total. The Morgan fingerprint density at radius 1 is 1.00 bits per heavy atom. The molecule has 3 nitrogen and oxygen atoms in total.